The highest BCUT2D eigenvalue weighted by molar-refractivity contribution is 5.94. The molecule has 4 nitrogen and oxygen atoms in total. The van der Waals surface area contributed by atoms with Crippen LogP contribution in [0.3, 0.4) is 0 Å². The molecule has 0 radical (unpaired) electrons. The van der Waals surface area contributed by atoms with Gasteiger partial charge in [0.2, 0.25) is 0 Å². The number of rotatable bonds is 5. The van der Waals surface area contributed by atoms with Crippen LogP contribution in [0.2, 0.25) is 0 Å². The van der Waals surface area contributed by atoms with Gasteiger partial charge in [-0.3, -0.25) is 9.59 Å². The van der Waals surface area contributed by atoms with Crippen LogP contribution in [-0.2, 0) is 22.4 Å². The minimum absolute atomic E-state index is 0.0395. The van der Waals surface area contributed by atoms with Crippen molar-refractivity contribution in [1.82, 2.24) is 0 Å². The van der Waals surface area contributed by atoms with Gasteiger partial charge in [0, 0.05) is 12.0 Å². The largest absolute Gasteiger partial charge is 0.469 e. The Labute approximate surface area is 117 Å². The zero-order valence-electron chi connectivity index (χ0n) is 11.5. The van der Waals surface area contributed by atoms with Gasteiger partial charge in [-0.1, -0.05) is 18.2 Å². The third kappa shape index (κ3) is 3.57. The molecule has 1 heterocycles. The number of hydrogen-bond donors (Lipinski definition) is 0. The number of carbonyl (C=O) groups is 2. The summed E-state index contributed by atoms with van der Waals surface area (Å²) in [6, 6.07) is 11.0. The zero-order valence-corrected chi connectivity index (χ0v) is 11.5. The van der Waals surface area contributed by atoms with E-state index in [1.165, 1.54) is 7.11 Å². The van der Waals surface area contributed by atoms with E-state index < -0.39 is 0 Å². The van der Waals surface area contributed by atoms with Crippen molar-refractivity contribution in [2.45, 2.75) is 19.8 Å². The van der Waals surface area contributed by atoms with E-state index in [0.29, 0.717) is 17.7 Å². The molecule has 20 heavy (non-hydrogen) atoms. The number of hydrogen-bond acceptors (Lipinski definition) is 4. The molecule has 0 saturated carbocycles. The fraction of sp³-hybridized carbons (Fsp3) is 0.250. The third-order valence-electron chi connectivity index (χ3n) is 2.98. The van der Waals surface area contributed by atoms with Gasteiger partial charge < -0.3 is 9.15 Å². The van der Waals surface area contributed by atoms with Gasteiger partial charge in [0.25, 0.3) is 0 Å². The summed E-state index contributed by atoms with van der Waals surface area (Å²) in [5, 5.41) is 0. The SMILES string of the molecule is COC(=O)Cc1ccc(Cc2cccc(C(C)=O)c2)o1. The third-order valence-corrected chi connectivity index (χ3v) is 2.98. The molecular formula is C16H16O4. The fourth-order valence-electron chi connectivity index (χ4n) is 1.93. The van der Waals surface area contributed by atoms with Gasteiger partial charge in [-0.15, -0.1) is 0 Å². The highest BCUT2D eigenvalue weighted by atomic mass is 16.5. The molecule has 0 aliphatic rings. The van der Waals surface area contributed by atoms with Gasteiger partial charge >= 0.3 is 5.97 Å². The first kappa shape index (κ1) is 14.1. The van der Waals surface area contributed by atoms with Crippen LogP contribution in [0.4, 0.5) is 0 Å². The molecule has 0 atom stereocenters. The molecule has 2 rings (SSSR count). The highest BCUT2D eigenvalue weighted by Gasteiger charge is 2.09. The van der Waals surface area contributed by atoms with Gasteiger partial charge in [0.15, 0.2) is 5.78 Å². The maximum Gasteiger partial charge on any atom is 0.313 e. The summed E-state index contributed by atoms with van der Waals surface area (Å²) >= 11 is 0. The van der Waals surface area contributed by atoms with Crippen molar-refractivity contribution in [3.8, 4) is 0 Å². The second-order valence-corrected chi connectivity index (χ2v) is 4.55. The average molecular weight is 272 g/mol. The van der Waals surface area contributed by atoms with Crippen molar-refractivity contribution >= 4 is 11.8 Å². The minimum Gasteiger partial charge on any atom is -0.469 e. The standard InChI is InChI=1S/C16H16O4/c1-11(17)13-5-3-4-12(8-13)9-14-6-7-15(20-14)10-16(18)19-2/h3-8H,9-10H2,1-2H3. The summed E-state index contributed by atoms with van der Waals surface area (Å²) in [5.74, 6) is 1.04. The molecule has 4 heteroatoms. The second kappa shape index (κ2) is 6.19. The first-order valence-corrected chi connectivity index (χ1v) is 6.33. The van der Waals surface area contributed by atoms with Crippen molar-refractivity contribution in [3.63, 3.8) is 0 Å². The lowest BCUT2D eigenvalue weighted by molar-refractivity contribution is -0.140. The number of benzene rings is 1. The molecule has 0 fully saturated rings. The summed E-state index contributed by atoms with van der Waals surface area (Å²) in [5.41, 5.74) is 1.68. The molecule has 0 aliphatic carbocycles. The summed E-state index contributed by atoms with van der Waals surface area (Å²) in [7, 11) is 1.35. The molecule has 0 amide bonds. The maximum atomic E-state index is 11.3. The summed E-state index contributed by atoms with van der Waals surface area (Å²) < 4.78 is 10.2. The normalized spacial score (nSPS) is 10.3. The van der Waals surface area contributed by atoms with Crippen molar-refractivity contribution in [2.75, 3.05) is 7.11 Å². The first-order valence-electron chi connectivity index (χ1n) is 6.33. The molecule has 0 saturated heterocycles. The van der Waals surface area contributed by atoms with Crippen molar-refractivity contribution in [1.29, 1.82) is 0 Å². The van der Waals surface area contributed by atoms with Crippen molar-refractivity contribution < 1.29 is 18.7 Å². The average Bonchev–Trinajstić information content (AvgIpc) is 2.86. The lowest BCUT2D eigenvalue weighted by Gasteiger charge is -2.01. The second-order valence-electron chi connectivity index (χ2n) is 4.55. The van der Waals surface area contributed by atoms with E-state index in [1.807, 2.05) is 24.3 Å². The number of esters is 1. The Hall–Kier alpha value is -2.36. The van der Waals surface area contributed by atoms with Gasteiger partial charge in [-0.25, -0.2) is 0 Å². The van der Waals surface area contributed by atoms with Gasteiger partial charge in [-0.2, -0.15) is 0 Å². The quantitative estimate of drug-likeness (QED) is 0.620. The molecule has 1 aromatic heterocycles. The van der Waals surface area contributed by atoms with E-state index in [1.54, 1.807) is 19.1 Å². The molecule has 0 unspecified atom stereocenters. The van der Waals surface area contributed by atoms with Crippen molar-refractivity contribution in [2.24, 2.45) is 0 Å². The van der Waals surface area contributed by atoms with Crippen molar-refractivity contribution in [3.05, 3.63) is 59.0 Å². The van der Waals surface area contributed by atoms with E-state index in [-0.39, 0.29) is 18.2 Å². The minimum atomic E-state index is -0.329. The topological polar surface area (TPSA) is 56.5 Å². The van der Waals surface area contributed by atoms with Crippen LogP contribution >= 0.6 is 0 Å². The Bertz CT molecular complexity index is 625. The first-order chi connectivity index (χ1) is 9.58. The number of carbonyl (C=O) groups excluding carboxylic acids is 2. The van der Waals surface area contributed by atoms with Crippen LogP contribution in [0.15, 0.2) is 40.8 Å². The molecule has 0 aliphatic heterocycles. The Morgan fingerprint density at radius 2 is 1.90 bits per heavy atom. The molecule has 104 valence electrons. The smallest absolute Gasteiger partial charge is 0.313 e. The molecule has 2 aromatic rings. The van der Waals surface area contributed by atoms with Crippen LogP contribution < -0.4 is 0 Å². The number of ether oxygens (including phenoxy) is 1. The zero-order chi connectivity index (χ0) is 14.5. The highest BCUT2D eigenvalue weighted by Crippen LogP contribution is 2.15. The lowest BCUT2D eigenvalue weighted by atomic mass is 10.1. The van der Waals surface area contributed by atoms with Gasteiger partial charge in [0.1, 0.15) is 17.9 Å². The van der Waals surface area contributed by atoms with E-state index in [2.05, 4.69) is 4.74 Å². The Morgan fingerprint density at radius 3 is 2.60 bits per heavy atom. The Balaban J connectivity index is 2.08. The van der Waals surface area contributed by atoms with Crippen LogP contribution in [-0.4, -0.2) is 18.9 Å². The van der Waals surface area contributed by atoms with Crippen LogP contribution in [0, 0.1) is 0 Å². The summed E-state index contributed by atoms with van der Waals surface area (Å²) in [6.07, 6.45) is 0.715. The molecular weight excluding hydrogens is 256 g/mol. The number of ketones is 1. The molecule has 1 aromatic carbocycles. The van der Waals surface area contributed by atoms with E-state index in [9.17, 15) is 9.59 Å². The number of furan rings is 1. The Morgan fingerprint density at radius 1 is 1.15 bits per heavy atom. The summed E-state index contributed by atoms with van der Waals surface area (Å²) in [4.78, 5) is 22.5. The van der Waals surface area contributed by atoms with E-state index >= 15 is 0 Å². The molecule has 0 bridgehead atoms. The van der Waals surface area contributed by atoms with E-state index in [0.717, 1.165) is 11.3 Å². The maximum absolute atomic E-state index is 11.3. The predicted octanol–water partition coefficient (Wildman–Crippen LogP) is 2.79. The number of methoxy groups -OCH3 is 1. The van der Waals surface area contributed by atoms with Crippen LogP contribution in [0.5, 0.6) is 0 Å². The fourth-order valence-corrected chi connectivity index (χ4v) is 1.93. The molecule has 0 N–H and O–H groups in total. The predicted molar refractivity (Wildman–Crippen MR) is 73.7 cm³/mol. The molecule has 0 spiro atoms. The van der Waals surface area contributed by atoms with E-state index in [4.69, 9.17) is 4.42 Å². The lowest BCUT2D eigenvalue weighted by Crippen LogP contribution is -2.03. The summed E-state index contributed by atoms with van der Waals surface area (Å²) in [6.45, 7) is 1.54. The van der Waals surface area contributed by atoms with Crippen LogP contribution in [0.1, 0.15) is 34.4 Å². The monoisotopic (exact) mass is 272 g/mol. The Kier molecular flexibility index (Phi) is 4.35. The number of Topliss-reactive ketones (excluding diaryl/α,β-unsaturated/α-hetero) is 1. The van der Waals surface area contributed by atoms with Gasteiger partial charge in [0.05, 0.1) is 7.11 Å². The van der Waals surface area contributed by atoms with Crippen LogP contribution in [0.25, 0.3) is 0 Å². The van der Waals surface area contributed by atoms with Gasteiger partial charge in [-0.05, 0) is 30.7 Å².